The Balaban J connectivity index is 1.79. The molecule has 4 rings (SSSR count). The highest BCUT2D eigenvalue weighted by Crippen LogP contribution is 2.42. The lowest BCUT2D eigenvalue weighted by Crippen LogP contribution is -2.57. The fourth-order valence-corrected chi connectivity index (χ4v) is 6.14. The first-order valence-corrected chi connectivity index (χ1v) is 14.2. The van der Waals surface area contributed by atoms with E-state index >= 15 is 0 Å². The lowest BCUT2D eigenvalue weighted by Gasteiger charge is -2.44. The summed E-state index contributed by atoms with van der Waals surface area (Å²) in [6, 6.07) is 4.04. The lowest BCUT2D eigenvalue weighted by atomic mass is 9.96. The molecule has 3 aromatic rings. The van der Waals surface area contributed by atoms with Gasteiger partial charge in [-0.1, -0.05) is 51.8 Å². The molecule has 0 N–H and O–H groups in total. The van der Waals surface area contributed by atoms with Crippen molar-refractivity contribution in [2.75, 3.05) is 6.61 Å². The van der Waals surface area contributed by atoms with Crippen LogP contribution in [0.3, 0.4) is 0 Å². The molecule has 2 aromatic heterocycles. The fourth-order valence-electron chi connectivity index (χ4n) is 3.87. The van der Waals surface area contributed by atoms with Crippen LogP contribution in [-0.2, 0) is 33.3 Å². The number of ether oxygens (including phenoxy) is 4. The second-order valence-corrected chi connectivity index (χ2v) is 11.7. The summed E-state index contributed by atoms with van der Waals surface area (Å²) in [7, 11) is 0. The zero-order valence-electron chi connectivity index (χ0n) is 20.6. The second kappa shape index (κ2) is 12.8. The minimum Gasteiger partial charge on any atom is -0.463 e. The molecule has 16 heteroatoms. The van der Waals surface area contributed by atoms with Crippen molar-refractivity contribution < 1.29 is 33.3 Å². The summed E-state index contributed by atoms with van der Waals surface area (Å²) in [4.78, 5) is 41.0. The molecule has 0 spiro atoms. The number of thioether (sulfide) groups is 1. The van der Waals surface area contributed by atoms with Crippen LogP contribution in [0.5, 0.6) is 0 Å². The average Bonchev–Trinajstić information content (AvgIpc) is 3.50. The van der Waals surface area contributed by atoms with Gasteiger partial charge in [0.05, 0.1) is 16.2 Å². The Kier molecular flexibility index (Phi) is 9.73. The highest BCUT2D eigenvalue weighted by atomic mass is 35.5. The van der Waals surface area contributed by atoms with Gasteiger partial charge in [-0.05, 0) is 18.2 Å². The smallest absolute Gasteiger partial charge is 0.303 e. The van der Waals surface area contributed by atoms with Crippen molar-refractivity contribution in [3.05, 3.63) is 44.3 Å². The van der Waals surface area contributed by atoms with Gasteiger partial charge in [-0.25, -0.2) is 9.67 Å². The Bertz CT molecular complexity index is 1370. The van der Waals surface area contributed by atoms with Crippen LogP contribution in [0.15, 0.2) is 34.7 Å². The first kappa shape index (κ1) is 29.6. The van der Waals surface area contributed by atoms with E-state index in [1.807, 2.05) is 0 Å². The molecule has 2 unspecified atom stereocenters. The standard InChI is InChI=1S/C23H21Cl3N4O7S2/c1-10(31)34-8-18-20(35-11(2)32)19(30-7-16(28-29-30)17-9-38-23(26)27-17)21(36-12(3)33)22(37-18)39-13-4-5-14(24)15(25)6-13/h4-7,9,18-22H,8H2,1-3H3/t18?,19?,20-,21-,22+/m0/s1. The number of carbonyl (C=O) groups excluding carboxylic acids is 3. The van der Waals surface area contributed by atoms with Crippen LogP contribution in [0.25, 0.3) is 11.4 Å². The maximum Gasteiger partial charge on any atom is 0.303 e. The van der Waals surface area contributed by atoms with E-state index in [1.165, 1.54) is 48.6 Å². The van der Waals surface area contributed by atoms with E-state index < -0.39 is 47.7 Å². The molecule has 0 saturated carbocycles. The molecule has 208 valence electrons. The highest BCUT2D eigenvalue weighted by molar-refractivity contribution is 7.99. The third-order valence-corrected chi connectivity index (χ3v) is 8.22. The van der Waals surface area contributed by atoms with E-state index in [9.17, 15) is 14.4 Å². The zero-order chi connectivity index (χ0) is 28.3. The van der Waals surface area contributed by atoms with Gasteiger partial charge in [-0.3, -0.25) is 14.4 Å². The lowest BCUT2D eigenvalue weighted by molar-refractivity contribution is -0.212. The van der Waals surface area contributed by atoms with Gasteiger partial charge in [0.25, 0.3) is 0 Å². The third-order valence-electron chi connectivity index (χ3n) is 5.37. The Morgan fingerprint density at radius 1 is 1.03 bits per heavy atom. The summed E-state index contributed by atoms with van der Waals surface area (Å²) in [5.41, 5.74) is -0.0162. The number of esters is 3. The number of thiazole rings is 1. The van der Waals surface area contributed by atoms with Crippen LogP contribution >= 0.6 is 57.9 Å². The first-order chi connectivity index (χ1) is 18.5. The summed E-state index contributed by atoms with van der Waals surface area (Å²) in [5, 5.41) is 10.8. The zero-order valence-corrected chi connectivity index (χ0v) is 24.5. The van der Waals surface area contributed by atoms with Crippen molar-refractivity contribution in [3.8, 4) is 11.4 Å². The quantitative estimate of drug-likeness (QED) is 0.249. The molecular weight excluding hydrogens is 615 g/mol. The Labute approximate surface area is 246 Å². The topological polar surface area (TPSA) is 132 Å². The SMILES string of the molecule is CC(=O)OCC1O[C@H](Sc2ccc(Cl)c(Cl)c2)[C@@H](OC(C)=O)C(n2cc(-c3csc(Cl)n3)nn2)[C@H]1OC(C)=O. The predicted molar refractivity (Wildman–Crippen MR) is 144 cm³/mol. The van der Waals surface area contributed by atoms with Crippen LogP contribution in [-0.4, -0.2) is 68.2 Å². The van der Waals surface area contributed by atoms with Crippen molar-refractivity contribution in [1.29, 1.82) is 0 Å². The van der Waals surface area contributed by atoms with Gasteiger partial charge in [0, 0.05) is 31.0 Å². The van der Waals surface area contributed by atoms with Crippen LogP contribution in [0.2, 0.25) is 14.5 Å². The number of hydrogen-bond acceptors (Lipinski definition) is 12. The van der Waals surface area contributed by atoms with Gasteiger partial charge in [0.1, 0.15) is 35.6 Å². The molecule has 0 aliphatic carbocycles. The molecule has 1 aromatic carbocycles. The minimum absolute atomic E-state index is 0.252. The molecule has 1 aliphatic heterocycles. The summed E-state index contributed by atoms with van der Waals surface area (Å²) < 4.78 is 24.6. The molecule has 39 heavy (non-hydrogen) atoms. The molecular formula is C23H21Cl3N4O7S2. The second-order valence-electron chi connectivity index (χ2n) is 8.25. The molecule has 1 aliphatic rings. The van der Waals surface area contributed by atoms with Crippen LogP contribution in [0.1, 0.15) is 26.8 Å². The number of hydrogen-bond donors (Lipinski definition) is 0. The monoisotopic (exact) mass is 634 g/mol. The number of rotatable bonds is 8. The number of carbonyl (C=O) groups is 3. The molecule has 0 bridgehead atoms. The minimum atomic E-state index is -1.09. The van der Waals surface area contributed by atoms with Crippen molar-refractivity contribution in [1.82, 2.24) is 20.0 Å². The van der Waals surface area contributed by atoms with E-state index in [0.29, 0.717) is 30.8 Å². The Morgan fingerprint density at radius 2 is 1.74 bits per heavy atom. The summed E-state index contributed by atoms with van der Waals surface area (Å²) in [5.74, 6) is -1.80. The summed E-state index contributed by atoms with van der Waals surface area (Å²) in [6.45, 7) is 3.46. The van der Waals surface area contributed by atoms with Gasteiger partial charge in [0.15, 0.2) is 16.7 Å². The van der Waals surface area contributed by atoms with E-state index in [0.717, 1.165) is 0 Å². The van der Waals surface area contributed by atoms with E-state index in [-0.39, 0.29) is 6.61 Å². The first-order valence-electron chi connectivity index (χ1n) is 11.3. The molecule has 1 fully saturated rings. The predicted octanol–water partition coefficient (Wildman–Crippen LogP) is 4.85. The van der Waals surface area contributed by atoms with Gasteiger partial charge in [-0.15, -0.1) is 16.4 Å². The summed E-state index contributed by atoms with van der Waals surface area (Å²) >= 11 is 20.7. The maximum atomic E-state index is 12.3. The fraction of sp³-hybridized carbons (Fsp3) is 0.391. The number of halogens is 3. The van der Waals surface area contributed by atoms with Crippen LogP contribution in [0, 0.1) is 0 Å². The van der Waals surface area contributed by atoms with E-state index in [4.69, 9.17) is 53.8 Å². The average molecular weight is 636 g/mol. The molecule has 3 heterocycles. The van der Waals surface area contributed by atoms with Gasteiger partial charge in [0.2, 0.25) is 0 Å². The van der Waals surface area contributed by atoms with Gasteiger partial charge < -0.3 is 18.9 Å². The van der Waals surface area contributed by atoms with E-state index in [1.54, 1.807) is 29.8 Å². The molecule has 11 nitrogen and oxygen atoms in total. The highest BCUT2D eigenvalue weighted by Gasteiger charge is 2.52. The number of nitrogens with zero attached hydrogens (tertiary/aromatic N) is 4. The molecule has 0 amide bonds. The van der Waals surface area contributed by atoms with Gasteiger partial charge in [-0.2, -0.15) is 0 Å². The van der Waals surface area contributed by atoms with Crippen molar-refractivity contribution in [3.63, 3.8) is 0 Å². The largest absolute Gasteiger partial charge is 0.463 e. The number of aromatic nitrogens is 4. The Morgan fingerprint density at radius 3 is 2.36 bits per heavy atom. The van der Waals surface area contributed by atoms with Crippen molar-refractivity contribution in [2.24, 2.45) is 0 Å². The van der Waals surface area contributed by atoms with Crippen LogP contribution < -0.4 is 0 Å². The molecule has 1 saturated heterocycles. The van der Waals surface area contributed by atoms with Crippen molar-refractivity contribution >= 4 is 75.8 Å². The number of benzene rings is 1. The normalized spacial score (nSPS) is 22.8. The molecule has 5 atom stereocenters. The third kappa shape index (κ3) is 7.41. The van der Waals surface area contributed by atoms with Crippen LogP contribution in [0.4, 0.5) is 0 Å². The Hall–Kier alpha value is -2.42. The van der Waals surface area contributed by atoms with Crippen molar-refractivity contribution in [2.45, 2.75) is 55.5 Å². The summed E-state index contributed by atoms with van der Waals surface area (Å²) in [6.07, 6.45) is -1.53. The maximum absolute atomic E-state index is 12.3. The van der Waals surface area contributed by atoms with Gasteiger partial charge >= 0.3 is 17.9 Å². The van der Waals surface area contributed by atoms with E-state index in [2.05, 4.69) is 15.3 Å². The molecule has 0 radical (unpaired) electrons.